The maximum atomic E-state index is 5.92. The Morgan fingerprint density at radius 1 is 0.447 bits per heavy atom. The molecule has 0 bridgehead atoms. The van der Waals surface area contributed by atoms with Gasteiger partial charge in [-0.1, -0.05) is 0 Å². The van der Waals surface area contributed by atoms with Crippen LogP contribution in [-0.4, -0.2) is 111 Å². The van der Waals surface area contributed by atoms with Crippen LogP contribution in [0.2, 0.25) is 12.1 Å². The molecule has 0 aromatic carbocycles. The lowest BCUT2D eigenvalue weighted by Crippen LogP contribution is -2.44. The highest BCUT2D eigenvalue weighted by molar-refractivity contribution is 6.27. The van der Waals surface area contributed by atoms with Crippen molar-refractivity contribution in [3.05, 3.63) is 0 Å². The average molecular weight is 585 g/mol. The van der Waals surface area contributed by atoms with Gasteiger partial charge in [0.05, 0.1) is 0 Å². The van der Waals surface area contributed by atoms with Crippen molar-refractivity contribution in [3.63, 3.8) is 0 Å². The van der Waals surface area contributed by atoms with Crippen molar-refractivity contribution in [2.45, 2.75) is 91.3 Å². The lowest BCUT2D eigenvalue weighted by atomic mass is 10.3. The van der Waals surface area contributed by atoms with Gasteiger partial charge in [-0.25, -0.2) is 0 Å². The summed E-state index contributed by atoms with van der Waals surface area (Å²) in [6.45, 7) is 19.7. The molecule has 0 aromatic heterocycles. The SMILES string of the molecule is CCOC(CO[SiH2]CCCNCCCCNCCC[SiH2]OCC(OCC)(OCC)OCC)(OCC)OCC. The minimum Gasteiger partial charge on any atom is -0.416 e. The maximum absolute atomic E-state index is 5.92. The number of ether oxygens (including phenoxy) is 6. The summed E-state index contributed by atoms with van der Waals surface area (Å²) in [5, 5.41) is 7.08. The molecule has 0 saturated carbocycles. The molecule has 0 spiro atoms. The van der Waals surface area contributed by atoms with Gasteiger partial charge >= 0.3 is 11.9 Å². The maximum Gasteiger partial charge on any atom is 0.306 e. The fourth-order valence-corrected chi connectivity index (χ4v) is 5.98. The fourth-order valence-electron chi connectivity index (χ4n) is 3.87. The smallest absolute Gasteiger partial charge is 0.306 e. The summed E-state index contributed by atoms with van der Waals surface area (Å²) < 4.78 is 46.0. The van der Waals surface area contributed by atoms with Gasteiger partial charge in [0.1, 0.15) is 13.2 Å². The number of unbranched alkanes of at least 4 members (excludes halogenated alkanes) is 1. The van der Waals surface area contributed by atoms with Gasteiger partial charge in [0.2, 0.25) is 0 Å². The first-order valence-electron chi connectivity index (χ1n) is 15.0. The van der Waals surface area contributed by atoms with Crippen LogP contribution in [0.1, 0.15) is 67.2 Å². The quantitative estimate of drug-likeness (QED) is 0.0718. The van der Waals surface area contributed by atoms with Gasteiger partial charge < -0.3 is 47.9 Å². The molecule has 12 heteroatoms. The molecule has 0 aliphatic carbocycles. The van der Waals surface area contributed by atoms with E-state index in [1.54, 1.807) is 0 Å². The van der Waals surface area contributed by atoms with Crippen molar-refractivity contribution in [1.82, 2.24) is 10.6 Å². The van der Waals surface area contributed by atoms with Gasteiger partial charge in [-0.15, -0.1) is 0 Å². The standard InChI is InChI=1S/C26H60N2O8Si2/c1-7-29-25(30-8-2,31-9-3)23-35-37-21-15-19-27-17-13-14-18-28-20-16-22-38-36-24-26(32-10-4,33-11-5)34-12-6/h27-28H,7-24,37-38H2,1-6H3. The second-order valence-corrected chi connectivity index (χ2v) is 11.7. The van der Waals surface area contributed by atoms with Crippen molar-refractivity contribution in [3.8, 4) is 0 Å². The zero-order valence-electron chi connectivity index (χ0n) is 25.4. The van der Waals surface area contributed by atoms with Crippen molar-refractivity contribution >= 4 is 19.5 Å². The normalized spacial score (nSPS) is 13.1. The van der Waals surface area contributed by atoms with E-state index in [-0.39, 0.29) is 0 Å². The largest absolute Gasteiger partial charge is 0.416 e. The molecule has 0 amide bonds. The first kappa shape index (κ1) is 38.0. The third-order valence-electron chi connectivity index (χ3n) is 5.48. The van der Waals surface area contributed by atoms with Crippen molar-refractivity contribution < 1.29 is 37.3 Å². The van der Waals surface area contributed by atoms with E-state index in [2.05, 4.69) is 10.6 Å². The molecule has 0 rings (SSSR count). The monoisotopic (exact) mass is 584 g/mol. The van der Waals surface area contributed by atoms with Crippen LogP contribution in [0.3, 0.4) is 0 Å². The minimum atomic E-state index is -1.04. The highest BCUT2D eigenvalue weighted by Gasteiger charge is 2.33. The molecule has 0 aliphatic rings. The van der Waals surface area contributed by atoms with Gasteiger partial charge in [-0.2, -0.15) is 0 Å². The van der Waals surface area contributed by atoms with Crippen LogP contribution >= 0.6 is 0 Å². The van der Waals surface area contributed by atoms with Crippen LogP contribution in [0.5, 0.6) is 0 Å². The summed E-state index contributed by atoms with van der Waals surface area (Å²) in [7, 11) is -1.22. The molecule has 38 heavy (non-hydrogen) atoms. The topological polar surface area (TPSA) is 97.9 Å². The predicted molar refractivity (Wildman–Crippen MR) is 158 cm³/mol. The lowest BCUT2D eigenvalue weighted by molar-refractivity contribution is -0.385. The van der Waals surface area contributed by atoms with Crippen LogP contribution < -0.4 is 10.6 Å². The van der Waals surface area contributed by atoms with E-state index in [1.807, 2.05) is 41.5 Å². The van der Waals surface area contributed by atoms with Gasteiger partial charge in [-0.05, 0) is 105 Å². The third kappa shape index (κ3) is 20.0. The third-order valence-corrected chi connectivity index (χ3v) is 8.05. The van der Waals surface area contributed by atoms with Crippen LogP contribution in [0.4, 0.5) is 0 Å². The molecule has 2 N–H and O–H groups in total. The minimum absolute atomic E-state index is 0.348. The van der Waals surface area contributed by atoms with Crippen LogP contribution in [-0.2, 0) is 37.3 Å². The fraction of sp³-hybridized carbons (Fsp3) is 1.00. The Morgan fingerprint density at radius 2 is 0.737 bits per heavy atom. The van der Waals surface area contributed by atoms with Gasteiger partial charge in [0, 0.05) is 39.6 Å². The van der Waals surface area contributed by atoms with Gasteiger partial charge in [0.15, 0.2) is 19.5 Å². The summed E-state index contributed by atoms with van der Waals surface area (Å²) in [5.41, 5.74) is 0. The molecule has 0 saturated heterocycles. The summed E-state index contributed by atoms with van der Waals surface area (Å²) in [6.07, 6.45) is 4.66. The molecule has 0 aromatic rings. The Morgan fingerprint density at radius 3 is 1.03 bits per heavy atom. The Hall–Kier alpha value is 0.0338. The van der Waals surface area contributed by atoms with E-state index >= 15 is 0 Å². The molecule has 0 atom stereocenters. The Kier molecular flexibility index (Phi) is 27.2. The summed E-state index contributed by atoms with van der Waals surface area (Å²) in [5.74, 6) is -2.09. The summed E-state index contributed by atoms with van der Waals surface area (Å²) in [4.78, 5) is 0. The molecule has 0 heterocycles. The van der Waals surface area contributed by atoms with Crippen molar-refractivity contribution in [2.24, 2.45) is 0 Å². The molecule has 230 valence electrons. The van der Waals surface area contributed by atoms with Crippen molar-refractivity contribution in [2.75, 3.05) is 79.0 Å². The summed E-state index contributed by atoms with van der Waals surface area (Å²) >= 11 is 0. The van der Waals surface area contributed by atoms with E-state index in [0.29, 0.717) is 52.9 Å². The Balaban J connectivity index is 3.60. The highest BCUT2D eigenvalue weighted by Crippen LogP contribution is 2.17. The second-order valence-electron chi connectivity index (χ2n) is 8.69. The van der Waals surface area contributed by atoms with E-state index in [1.165, 1.54) is 12.8 Å². The summed E-state index contributed by atoms with van der Waals surface area (Å²) in [6, 6.07) is 2.26. The molecular formula is C26H60N2O8Si2. The van der Waals surface area contributed by atoms with E-state index in [0.717, 1.165) is 51.1 Å². The molecular weight excluding hydrogens is 524 g/mol. The van der Waals surface area contributed by atoms with E-state index < -0.39 is 31.5 Å². The first-order valence-corrected chi connectivity index (χ1v) is 18.1. The Labute approximate surface area is 237 Å². The molecule has 0 fully saturated rings. The zero-order valence-corrected chi connectivity index (χ0v) is 28.2. The first-order chi connectivity index (χ1) is 18.6. The predicted octanol–water partition coefficient (Wildman–Crippen LogP) is 2.29. The second kappa shape index (κ2) is 27.2. The molecule has 0 unspecified atom stereocenters. The van der Waals surface area contributed by atoms with Crippen molar-refractivity contribution in [1.29, 1.82) is 0 Å². The van der Waals surface area contributed by atoms with Gasteiger partial charge in [0.25, 0.3) is 0 Å². The zero-order chi connectivity index (χ0) is 28.2. The van der Waals surface area contributed by atoms with Gasteiger partial charge in [-0.3, -0.25) is 0 Å². The average Bonchev–Trinajstić information content (AvgIpc) is 2.89. The van der Waals surface area contributed by atoms with Crippen LogP contribution in [0.15, 0.2) is 0 Å². The number of hydrogen-bond donors (Lipinski definition) is 2. The molecule has 10 nitrogen and oxygen atoms in total. The lowest BCUT2D eigenvalue weighted by Gasteiger charge is -2.32. The van der Waals surface area contributed by atoms with E-state index in [4.69, 9.17) is 37.3 Å². The number of nitrogens with one attached hydrogen (secondary N) is 2. The van der Waals surface area contributed by atoms with Crippen LogP contribution in [0.25, 0.3) is 0 Å². The number of hydrogen-bond acceptors (Lipinski definition) is 10. The number of rotatable bonds is 31. The Bertz CT molecular complexity index is 422. The highest BCUT2D eigenvalue weighted by atomic mass is 28.2. The van der Waals surface area contributed by atoms with E-state index in [9.17, 15) is 0 Å². The molecule has 0 radical (unpaired) electrons. The van der Waals surface area contributed by atoms with Crippen LogP contribution in [0, 0.1) is 0 Å². The molecule has 0 aliphatic heterocycles.